The fourth-order valence-corrected chi connectivity index (χ4v) is 2.45. The molecular formula is C10H7N3OS. The molecule has 0 spiro atoms. The molecule has 0 fully saturated rings. The molecule has 2 N–H and O–H groups in total. The number of aromatic nitrogens is 2. The summed E-state index contributed by atoms with van der Waals surface area (Å²) in [6.45, 7) is 0. The van der Waals surface area contributed by atoms with Crippen LogP contribution in [0.3, 0.4) is 0 Å². The van der Waals surface area contributed by atoms with E-state index in [4.69, 9.17) is 0 Å². The normalized spacial score (nSPS) is 12.5. The Balaban J connectivity index is 2.19. The first kappa shape index (κ1) is 8.55. The maximum absolute atomic E-state index is 11.5. The summed E-state index contributed by atoms with van der Waals surface area (Å²) >= 11 is 1.55. The number of hydrogen-bond donors (Lipinski definition) is 2. The molecule has 3 rings (SSSR count). The third kappa shape index (κ3) is 1.32. The van der Waals surface area contributed by atoms with Crippen molar-refractivity contribution < 1.29 is 0 Å². The van der Waals surface area contributed by atoms with Crippen LogP contribution >= 0.6 is 11.8 Å². The molecule has 0 radical (unpaired) electrons. The Hall–Kier alpha value is -1.75. The topological polar surface area (TPSA) is 57.8 Å². The second kappa shape index (κ2) is 3.13. The Morgan fingerprint density at radius 3 is 3.00 bits per heavy atom. The van der Waals surface area contributed by atoms with Gasteiger partial charge in [-0.1, -0.05) is 23.9 Å². The number of rotatable bonds is 0. The molecule has 1 aliphatic heterocycles. The summed E-state index contributed by atoms with van der Waals surface area (Å²) in [6, 6.07) is 7.87. The van der Waals surface area contributed by atoms with Crippen LogP contribution in [0.5, 0.6) is 0 Å². The van der Waals surface area contributed by atoms with Crippen molar-refractivity contribution in [3.05, 3.63) is 40.8 Å². The lowest BCUT2D eigenvalue weighted by Gasteiger charge is -2.18. The average molecular weight is 217 g/mol. The fraction of sp³-hybridized carbons (Fsp3) is 0. The average Bonchev–Trinajstić information content (AvgIpc) is 2.27. The van der Waals surface area contributed by atoms with E-state index < -0.39 is 0 Å². The van der Waals surface area contributed by atoms with Crippen LogP contribution < -0.4 is 10.9 Å². The van der Waals surface area contributed by atoms with Gasteiger partial charge in [0.1, 0.15) is 5.69 Å². The molecule has 0 aliphatic carbocycles. The van der Waals surface area contributed by atoms with Gasteiger partial charge in [-0.25, -0.2) is 5.10 Å². The highest BCUT2D eigenvalue weighted by atomic mass is 32.2. The lowest BCUT2D eigenvalue weighted by atomic mass is 10.3. The first-order valence-electron chi connectivity index (χ1n) is 4.46. The van der Waals surface area contributed by atoms with Gasteiger partial charge in [0, 0.05) is 4.90 Å². The molecule has 0 saturated heterocycles. The first-order valence-corrected chi connectivity index (χ1v) is 5.28. The van der Waals surface area contributed by atoms with Gasteiger partial charge in [-0.15, -0.1) is 0 Å². The zero-order valence-electron chi connectivity index (χ0n) is 7.65. The number of nitrogens with one attached hydrogen (secondary N) is 2. The summed E-state index contributed by atoms with van der Waals surface area (Å²) < 4.78 is 0. The highest BCUT2D eigenvalue weighted by Crippen LogP contribution is 2.41. The standard InChI is InChI=1S/C10H7N3OS/c14-10-9-8(5-11-13-10)15-7-4-2-1-3-6(7)12-9/h1-5,12H,(H,13,14). The summed E-state index contributed by atoms with van der Waals surface area (Å²) in [4.78, 5) is 13.4. The van der Waals surface area contributed by atoms with Gasteiger partial charge in [-0.05, 0) is 12.1 Å². The van der Waals surface area contributed by atoms with E-state index in [1.165, 1.54) is 0 Å². The number of hydrogen-bond acceptors (Lipinski definition) is 4. The smallest absolute Gasteiger partial charge is 0.289 e. The Morgan fingerprint density at radius 2 is 2.07 bits per heavy atom. The Labute approximate surface area is 89.7 Å². The molecule has 1 aliphatic rings. The quantitative estimate of drug-likeness (QED) is 0.604. The number of benzene rings is 1. The molecule has 0 bridgehead atoms. The number of para-hydroxylation sites is 1. The SMILES string of the molecule is O=c1[nH]ncc2c1Nc1ccccc1S2. The van der Waals surface area contributed by atoms with Crippen LogP contribution in [-0.4, -0.2) is 10.2 Å². The minimum atomic E-state index is -0.186. The minimum absolute atomic E-state index is 0.186. The fourth-order valence-electron chi connectivity index (χ4n) is 1.49. The van der Waals surface area contributed by atoms with Gasteiger partial charge in [0.15, 0.2) is 0 Å². The van der Waals surface area contributed by atoms with E-state index in [1.54, 1.807) is 18.0 Å². The second-order valence-corrected chi connectivity index (χ2v) is 4.25. The van der Waals surface area contributed by atoms with E-state index in [0.717, 1.165) is 15.5 Å². The van der Waals surface area contributed by atoms with Gasteiger partial charge < -0.3 is 5.32 Å². The molecule has 0 atom stereocenters. The number of anilines is 2. The summed E-state index contributed by atoms with van der Waals surface area (Å²) in [5.41, 5.74) is 1.36. The highest BCUT2D eigenvalue weighted by molar-refractivity contribution is 7.99. The molecule has 0 unspecified atom stereocenters. The van der Waals surface area contributed by atoms with Crippen molar-refractivity contribution in [2.75, 3.05) is 5.32 Å². The lowest BCUT2D eigenvalue weighted by molar-refractivity contribution is 0.957. The molecule has 2 heterocycles. The van der Waals surface area contributed by atoms with E-state index >= 15 is 0 Å². The summed E-state index contributed by atoms with van der Waals surface area (Å²) in [6.07, 6.45) is 1.66. The van der Waals surface area contributed by atoms with Crippen LogP contribution in [0.4, 0.5) is 11.4 Å². The molecule has 4 nitrogen and oxygen atoms in total. The van der Waals surface area contributed by atoms with E-state index in [1.807, 2.05) is 24.3 Å². The van der Waals surface area contributed by atoms with Crippen molar-refractivity contribution in [1.82, 2.24) is 10.2 Å². The number of H-pyrrole nitrogens is 1. The van der Waals surface area contributed by atoms with E-state index in [0.29, 0.717) is 5.69 Å². The summed E-state index contributed by atoms with van der Waals surface area (Å²) in [5.74, 6) is 0. The van der Waals surface area contributed by atoms with E-state index in [-0.39, 0.29) is 5.56 Å². The summed E-state index contributed by atoms with van der Waals surface area (Å²) in [7, 11) is 0. The van der Waals surface area contributed by atoms with Crippen LogP contribution in [0.1, 0.15) is 0 Å². The van der Waals surface area contributed by atoms with E-state index in [2.05, 4.69) is 15.5 Å². The molecule has 1 aromatic heterocycles. The van der Waals surface area contributed by atoms with Crippen molar-refractivity contribution in [2.24, 2.45) is 0 Å². The van der Waals surface area contributed by atoms with Crippen molar-refractivity contribution in [2.45, 2.75) is 9.79 Å². The van der Waals surface area contributed by atoms with E-state index in [9.17, 15) is 4.79 Å². The number of nitrogens with zero attached hydrogens (tertiary/aromatic N) is 1. The number of fused-ring (bicyclic) bond motifs is 2. The number of aromatic amines is 1. The van der Waals surface area contributed by atoms with Crippen LogP contribution in [-0.2, 0) is 0 Å². The van der Waals surface area contributed by atoms with Gasteiger partial charge in [-0.3, -0.25) is 4.79 Å². The molecule has 5 heteroatoms. The monoisotopic (exact) mass is 217 g/mol. The van der Waals surface area contributed by atoms with Gasteiger partial charge >= 0.3 is 0 Å². The van der Waals surface area contributed by atoms with Gasteiger partial charge in [0.25, 0.3) is 5.56 Å². The lowest BCUT2D eigenvalue weighted by Crippen LogP contribution is -2.16. The zero-order chi connectivity index (χ0) is 10.3. The maximum atomic E-state index is 11.5. The zero-order valence-corrected chi connectivity index (χ0v) is 8.47. The second-order valence-electron chi connectivity index (χ2n) is 3.16. The van der Waals surface area contributed by atoms with Crippen molar-refractivity contribution in [3.8, 4) is 0 Å². The Kier molecular flexibility index (Phi) is 1.78. The third-order valence-corrected chi connectivity index (χ3v) is 3.29. The molecule has 15 heavy (non-hydrogen) atoms. The van der Waals surface area contributed by atoms with Gasteiger partial charge in [0.2, 0.25) is 0 Å². The van der Waals surface area contributed by atoms with Crippen LogP contribution in [0.2, 0.25) is 0 Å². The largest absolute Gasteiger partial charge is 0.349 e. The first-order chi connectivity index (χ1) is 7.34. The Bertz CT molecular complexity index is 579. The third-order valence-electron chi connectivity index (χ3n) is 2.19. The van der Waals surface area contributed by atoms with Gasteiger partial charge in [0.05, 0.1) is 16.8 Å². The van der Waals surface area contributed by atoms with Gasteiger partial charge in [-0.2, -0.15) is 5.10 Å². The molecule has 0 saturated carbocycles. The van der Waals surface area contributed by atoms with Crippen molar-refractivity contribution >= 4 is 23.1 Å². The molecular weight excluding hydrogens is 210 g/mol. The van der Waals surface area contributed by atoms with Crippen LogP contribution in [0.15, 0.2) is 45.0 Å². The Morgan fingerprint density at radius 1 is 1.20 bits per heavy atom. The molecule has 74 valence electrons. The van der Waals surface area contributed by atoms with Crippen LogP contribution in [0.25, 0.3) is 0 Å². The van der Waals surface area contributed by atoms with Crippen LogP contribution in [0, 0.1) is 0 Å². The molecule has 2 aromatic rings. The predicted octanol–water partition coefficient (Wildman–Crippen LogP) is 1.98. The molecule has 0 amide bonds. The van der Waals surface area contributed by atoms with Crippen molar-refractivity contribution in [1.29, 1.82) is 0 Å². The van der Waals surface area contributed by atoms with Crippen molar-refractivity contribution in [3.63, 3.8) is 0 Å². The highest BCUT2D eigenvalue weighted by Gasteiger charge is 2.17. The minimum Gasteiger partial charge on any atom is -0.349 e. The molecule has 1 aromatic carbocycles. The maximum Gasteiger partial charge on any atom is 0.289 e. The summed E-state index contributed by atoms with van der Waals surface area (Å²) in [5, 5.41) is 9.29. The predicted molar refractivity (Wildman–Crippen MR) is 58.7 cm³/mol.